The van der Waals surface area contributed by atoms with Crippen molar-refractivity contribution in [3.8, 4) is 0 Å². The molecule has 0 aliphatic carbocycles. The molecule has 4 nitrogen and oxygen atoms in total. The van der Waals surface area contributed by atoms with E-state index in [1.807, 2.05) is 4.57 Å². The van der Waals surface area contributed by atoms with Crippen LogP contribution in [0.4, 0.5) is 8.78 Å². The van der Waals surface area contributed by atoms with Gasteiger partial charge in [-0.25, -0.2) is 8.78 Å². The van der Waals surface area contributed by atoms with Crippen LogP contribution in [0, 0.1) is 16.4 Å². The van der Waals surface area contributed by atoms with Crippen molar-refractivity contribution in [1.82, 2.24) is 9.13 Å². The molecule has 1 aliphatic heterocycles. The van der Waals surface area contributed by atoms with E-state index >= 15 is 0 Å². The summed E-state index contributed by atoms with van der Waals surface area (Å²) in [4.78, 5) is 10.8. The number of carbonyl (C=O) groups is 1. The van der Waals surface area contributed by atoms with E-state index in [0.29, 0.717) is 24.2 Å². The topological polar surface area (TPSA) is 47.2 Å². The van der Waals surface area contributed by atoms with Crippen molar-refractivity contribution in [2.24, 2.45) is 7.05 Å². The first-order valence-electron chi connectivity index (χ1n) is 7.33. The van der Waals surface area contributed by atoms with Gasteiger partial charge < -0.3 is 14.2 Å². The Hall–Kier alpha value is -2.02. The zero-order valence-electron chi connectivity index (χ0n) is 12.6. The molecule has 0 amide bonds. The monoisotopic (exact) mass is 338 g/mol. The van der Waals surface area contributed by atoms with Crippen LogP contribution < -0.4 is 0 Å². The standard InChI is InChI=1S/C16H16F2N2O2S/c1-19-12(5-6-14(21)22)13-7-9(8-20(13)16(19)23)15-10(17)3-2-4-11(15)18/h2-4,9H,5-8H2,1H3,(H,21,22). The molecule has 0 bridgehead atoms. The van der Waals surface area contributed by atoms with Crippen LogP contribution in [0.2, 0.25) is 0 Å². The Bertz CT molecular complexity index is 821. The van der Waals surface area contributed by atoms with Gasteiger partial charge in [0.2, 0.25) is 0 Å². The number of hydrogen-bond donors (Lipinski definition) is 1. The number of nitrogens with zero attached hydrogens (tertiary/aromatic N) is 2. The van der Waals surface area contributed by atoms with Crippen molar-refractivity contribution in [2.45, 2.75) is 31.7 Å². The van der Waals surface area contributed by atoms with Gasteiger partial charge in [-0.3, -0.25) is 4.79 Å². The Labute approximate surface area is 137 Å². The van der Waals surface area contributed by atoms with Gasteiger partial charge in [-0.05, 0) is 37.2 Å². The van der Waals surface area contributed by atoms with Gasteiger partial charge in [0.1, 0.15) is 11.6 Å². The minimum atomic E-state index is -0.884. The molecule has 1 aliphatic rings. The summed E-state index contributed by atoms with van der Waals surface area (Å²) in [7, 11) is 1.80. The molecule has 7 heteroatoms. The number of hydrogen-bond acceptors (Lipinski definition) is 2. The smallest absolute Gasteiger partial charge is 0.303 e. The molecule has 2 aromatic rings. The summed E-state index contributed by atoms with van der Waals surface area (Å²) in [5.41, 5.74) is 1.79. The summed E-state index contributed by atoms with van der Waals surface area (Å²) in [6.07, 6.45) is 0.805. The first kappa shape index (κ1) is 15.9. The largest absolute Gasteiger partial charge is 0.481 e. The lowest BCUT2D eigenvalue weighted by Gasteiger charge is -2.13. The number of fused-ring (bicyclic) bond motifs is 1. The third kappa shape index (κ3) is 2.69. The second-order valence-electron chi connectivity index (χ2n) is 5.78. The average molecular weight is 338 g/mol. The van der Waals surface area contributed by atoms with Crippen molar-refractivity contribution >= 4 is 18.2 Å². The molecule has 1 aromatic carbocycles. The highest BCUT2D eigenvalue weighted by atomic mass is 32.1. The third-order valence-corrected chi connectivity index (χ3v) is 4.90. The molecule has 1 N–H and O–H groups in total. The van der Waals surface area contributed by atoms with Crippen molar-refractivity contribution in [1.29, 1.82) is 0 Å². The summed E-state index contributed by atoms with van der Waals surface area (Å²) < 4.78 is 32.2. The molecule has 3 rings (SSSR count). The van der Waals surface area contributed by atoms with E-state index < -0.39 is 17.6 Å². The Morgan fingerprint density at radius 1 is 1.39 bits per heavy atom. The van der Waals surface area contributed by atoms with Crippen LogP contribution in [-0.2, 0) is 31.2 Å². The Balaban J connectivity index is 1.97. The molecule has 2 heterocycles. The number of carboxylic acid groups (broad SMARTS) is 1. The number of imidazole rings is 1. The maximum Gasteiger partial charge on any atom is 0.303 e. The van der Waals surface area contributed by atoms with Gasteiger partial charge in [-0.1, -0.05) is 6.07 Å². The third-order valence-electron chi connectivity index (χ3n) is 4.41. The quantitative estimate of drug-likeness (QED) is 0.871. The van der Waals surface area contributed by atoms with Gasteiger partial charge >= 0.3 is 5.97 Å². The van der Waals surface area contributed by atoms with E-state index in [1.54, 1.807) is 11.6 Å². The van der Waals surface area contributed by atoms with Crippen LogP contribution in [0.15, 0.2) is 18.2 Å². The minimum Gasteiger partial charge on any atom is -0.481 e. The summed E-state index contributed by atoms with van der Waals surface area (Å²) in [5.74, 6) is -2.31. The molecule has 0 radical (unpaired) electrons. The Morgan fingerprint density at radius 2 is 2.04 bits per heavy atom. The molecule has 0 saturated carbocycles. The number of rotatable bonds is 4. The Kier molecular flexibility index (Phi) is 4.06. The second kappa shape index (κ2) is 5.88. The number of aromatic nitrogens is 2. The van der Waals surface area contributed by atoms with Crippen LogP contribution in [0.25, 0.3) is 0 Å². The van der Waals surface area contributed by atoms with Crippen molar-refractivity contribution in [3.63, 3.8) is 0 Å². The Morgan fingerprint density at radius 3 is 2.65 bits per heavy atom. The molecule has 0 fully saturated rings. The molecule has 0 saturated heterocycles. The highest BCUT2D eigenvalue weighted by Crippen LogP contribution is 2.35. The summed E-state index contributed by atoms with van der Waals surface area (Å²) in [6.45, 7) is 0.410. The van der Waals surface area contributed by atoms with Crippen LogP contribution in [0.5, 0.6) is 0 Å². The molecular weight excluding hydrogens is 322 g/mol. The SMILES string of the molecule is Cn1c(CCC(=O)O)c2n(c1=S)CC(c1c(F)cccc1F)C2. The lowest BCUT2D eigenvalue weighted by Crippen LogP contribution is -2.09. The number of halogens is 2. The zero-order valence-corrected chi connectivity index (χ0v) is 13.4. The zero-order chi connectivity index (χ0) is 16.7. The second-order valence-corrected chi connectivity index (χ2v) is 6.14. The van der Waals surface area contributed by atoms with Crippen LogP contribution in [0.3, 0.4) is 0 Å². The predicted molar refractivity (Wildman–Crippen MR) is 83.0 cm³/mol. The van der Waals surface area contributed by atoms with E-state index in [0.717, 1.165) is 11.4 Å². The molecule has 122 valence electrons. The van der Waals surface area contributed by atoms with Crippen molar-refractivity contribution in [2.75, 3.05) is 0 Å². The van der Waals surface area contributed by atoms with Gasteiger partial charge in [0, 0.05) is 36.5 Å². The fourth-order valence-electron chi connectivity index (χ4n) is 3.33. The fraction of sp³-hybridized carbons (Fsp3) is 0.375. The van der Waals surface area contributed by atoms with Gasteiger partial charge in [0.15, 0.2) is 4.77 Å². The van der Waals surface area contributed by atoms with E-state index in [9.17, 15) is 13.6 Å². The lowest BCUT2D eigenvalue weighted by molar-refractivity contribution is -0.136. The van der Waals surface area contributed by atoms with Gasteiger partial charge in [-0.15, -0.1) is 0 Å². The summed E-state index contributed by atoms with van der Waals surface area (Å²) in [6, 6.07) is 3.86. The summed E-state index contributed by atoms with van der Waals surface area (Å²) in [5, 5.41) is 8.88. The van der Waals surface area contributed by atoms with Crippen molar-refractivity contribution < 1.29 is 18.7 Å². The van der Waals surface area contributed by atoms with Gasteiger partial charge in [-0.2, -0.15) is 0 Å². The van der Waals surface area contributed by atoms with Crippen LogP contribution >= 0.6 is 12.2 Å². The number of benzene rings is 1. The maximum atomic E-state index is 14.0. The molecule has 23 heavy (non-hydrogen) atoms. The molecule has 1 unspecified atom stereocenters. The van der Waals surface area contributed by atoms with Gasteiger partial charge in [0.05, 0.1) is 6.42 Å². The van der Waals surface area contributed by atoms with Crippen LogP contribution in [0.1, 0.15) is 29.3 Å². The van der Waals surface area contributed by atoms with Crippen molar-refractivity contribution in [3.05, 3.63) is 51.6 Å². The number of carboxylic acids is 1. The predicted octanol–water partition coefficient (Wildman–Crippen LogP) is 3.19. The normalized spacial score (nSPS) is 16.6. The van der Waals surface area contributed by atoms with E-state index in [1.165, 1.54) is 18.2 Å². The molecular formula is C16H16F2N2O2S. The molecule has 1 atom stereocenters. The van der Waals surface area contributed by atoms with E-state index in [2.05, 4.69) is 0 Å². The lowest BCUT2D eigenvalue weighted by atomic mass is 9.95. The highest BCUT2D eigenvalue weighted by molar-refractivity contribution is 7.71. The van der Waals surface area contributed by atoms with Gasteiger partial charge in [0.25, 0.3) is 0 Å². The van der Waals surface area contributed by atoms with Crippen LogP contribution in [-0.4, -0.2) is 20.2 Å². The molecule has 0 spiro atoms. The van der Waals surface area contributed by atoms with E-state index in [-0.39, 0.29) is 17.9 Å². The minimum absolute atomic E-state index is 0.00163. The average Bonchev–Trinajstić information content (AvgIpc) is 2.98. The van der Waals surface area contributed by atoms with E-state index in [4.69, 9.17) is 17.3 Å². The molecule has 1 aromatic heterocycles. The fourth-order valence-corrected chi connectivity index (χ4v) is 3.62. The first-order chi connectivity index (χ1) is 10.9. The number of aliphatic carboxylic acids is 1. The highest BCUT2D eigenvalue weighted by Gasteiger charge is 2.31. The summed E-state index contributed by atoms with van der Waals surface area (Å²) >= 11 is 5.38. The maximum absolute atomic E-state index is 14.0. The first-order valence-corrected chi connectivity index (χ1v) is 7.74.